The number of hydrogen-bond acceptors (Lipinski definition) is 5. The second-order valence-electron chi connectivity index (χ2n) is 4.77. The largest absolute Gasteiger partial charge is 0.454 e. The predicted molar refractivity (Wildman–Crippen MR) is 71.8 cm³/mol. The van der Waals surface area contributed by atoms with Gasteiger partial charge in [-0.3, -0.25) is 0 Å². The lowest BCUT2D eigenvalue weighted by molar-refractivity contribution is 0.174. The normalized spacial score (nSPS) is 22.5. The number of anilines is 1. The van der Waals surface area contributed by atoms with Crippen LogP contribution in [0.4, 0.5) is 10.5 Å². The Balaban J connectivity index is 1.59. The van der Waals surface area contributed by atoms with Gasteiger partial charge in [0.1, 0.15) is 0 Å². The summed E-state index contributed by atoms with van der Waals surface area (Å²) in [6.45, 7) is 0.172. The molecule has 2 heterocycles. The van der Waals surface area contributed by atoms with Crippen molar-refractivity contribution in [1.29, 1.82) is 0 Å². The zero-order chi connectivity index (χ0) is 14.2. The summed E-state index contributed by atoms with van der Waals surface area (Å²) in [4.78, 5) is 11.8. The van der Waals surface area contributed by atoms with Crippen LogP contribution >= 0.6 is 0 Å². The lowest BCUT2D eigenvalue weighted by Gasteiger charge is -2.12. The van der Waals surface area contributed by atoms with E-state index in [1.165, 1.54) is 0 Å². The Morgan fingerprint density at radius 2 is 2.05 bits per heavy atom. The van der Waals surface area contributed by atoms with Crippen molar-refractivity contribution in [3.8, 4) is 11.5 Å². The fourth-order valence-electron chi connectivity index (χ4n) is 2.24. The molecule has 20 heavy (non-hydrogen) atoms. The molecule has 1 fully saturated rings. The summed E-state index contributed by atoms with van der Waals surface area (Å²) in [6.07, 6.45) is 0.455. The van der Waals surface area contributed by atoms with Gasteiger partial charge >= 0.3 is 6.03 Å². The van der Waals surface area contributed by atoms with Gasteiger partial charge in [-0.25, -0.2) is 13.2 Å². The Kier molecular flexibility index (Phi) is 3.17. The van der Waals surface area contributed by atoms with Crippen LogP contribution < -0.4 is 20.1 Å². The molecule has 108 valence electrons. The van der Waals surface area contributed by atoms with Gasteiger partial charge in [0.2, 0.25) is 6.79 Å². The molecule has 0 saturated carbocycles. The lowest BCUT2D eigenvalue weighted by atomic mass is 10.2. The first-order valence-electron chi connectivity index (χ1n) is 6.19. The molecular formula is C12H14N2O5S. The Hall–Kier alpha value is -1.96. The highest BCUT2D eigenvalue weighted by atomic mass is 32.2. The SMILES string of the molecule is O=C(Nc1ccc2c(c1)OCO2)NC1CCS(=O)(=O)C1. The molecule has 1 aromatic carbocycles. The van der Waals surface area contributed by atoms with Gasteiger partial charge in [-0.1, -0.05) is 0 Å². The third-order valence-corrected chi connectivity index (χ3v) is 4.97. The predicted octanol–water partition coefficient (Wildman–Crippen LogP) is 0.724. The van der Waals surface area contributed by atoms with Crippen molar-refractivity contribution in [2.45, 2.75) is 12.5 Å². The maximum absolute atomic E-state index is 11.8. The first-order chi connectivity index (χ1) is 9.52. The standard InChI is InChI=1S/C12H14N2O5S/c15-12(14-9-3-4-20(16,17)6-9)13-8-1-2-10-11(5-8)19-7-18-10/h1-2,5,9H,3-4,6-7H2,(H2,13,14,15). The maximum atomic E-state index is 11.8. The van der Waals surface area contributed by atoms with Crippen LogP contribution in [0.15, 0.2) is 18.2 Å². The molecule has 1 unspecified atom stereocenters. The first kappa shape index (κ1) is 13.0. The van der Waals surface area contributed by atoms with Crippen molar-refractivity contribution in [3.05, 3.63) is 18.2 Å². The smallest absolute Gasteiger partial charge is 0.319 e. The minimum Gasteiger partial charge on any atom is -0.454 e. The van der Waals surface area contributed by atoms with Crippen molar-refractivity contribution in [1.82, 2.24) is 5.32 Å². The van der Waals surface area contributed by atoms with Crippen LogP contribution in [0.5, 0.6) is 11.5 Å². The van der Waals surface area contributed by atoms with Crippen molar-refractivity contribution in [2.24, 2.45) is 0 Å². The summed E-state index contributed by atoms with van der Waals surface area (Å²) in [5.74, 6) is 1.34. The lowest BCUT2D eigenvalue weighted by Crippen LogP contribution is -2.38. The molecule has 0 spiro atoms. The maximum Gasteiger partial charge on any atom is 0.319 e. The van der Waals surface area contributed by atoms with E-state index >= 15 is 0 Å². The zero-order valence-electron chi connectivity index (χ0n) is 10.6. The Bertz CT molecular complexity index is 643. The van der Waals surface area contributed by atoms with E-state index in [1.54, 1.807) is 18.2 Å². The fourth-order valence-corrected chi connectivity index (χ4v) is 3.91. The quantitative estimate of drug-likeness (QED) is 0.839. The molecule has 2 aliphatic rings. The van der Waals surface area contributed by atoms with Gasteiger partial charge in [0, 0.05) is 17.8 Å². The minimum absolute atomic E-state index is 0.00155. The van der Waals surface area contributed by atoms with Crippen LogP contribution in [0.25, 0.3) is 0 Å². The van der Waals surface area contributed by atoms with Gasteiger partial charge in [0.25, 0.3) is 0 Å². The van der Waals surface area contributed by atoms with Crippen molar-refractivity contribution in [3.63, 3.8) is 0 Å². The third kappa shape index (κ3) is 2.79. The summed E-state index contributed by atoms with van der Waals surface area (Å²) in [6, 6.07) is 4.31. The number of rotatable bonds is 2. The Morgan fingerprint density at radius 3 is 2.80 bits per heavy atom. The van der Waals surface area contributed by atoms with Crippen molar-refractivity contribution < 1.29 is 22.7 Å². The number of carbonyl (C=O) groups is 1. The molecule has 7 nitrogen and oxygen atoms in total. The molecule has 0 aliphatic carbocycles. The Morgan fingerprint density at radius 1 is 1.25 bits per heavy atom. The van der Waals surface area contributed by atoms with Crippen molar-refractivity contribution >= 4 is 21.6 Å². The van der Waals surface area contributed by atoms with Gasteiger partial charge in [-0.05, 0) is 18.6 Å². The highest BCUT2D eigenvalue weighted by molar-refractivity contribution is 7.91. The highest BCUT2D eigenvalue weighted by Crippen LogP contribution is 2.34. The molecule has 0 aromatic heterocycles. The molecule has 1 saturated heterocycles. The first-order valence-corrected chi connectivity index (χ1v) is 8.01. The fraction of sp³-hybridized carbons (Fsp3) is 0.417. The minimum atomic E-state index is -3.00. The number of fused-ring (bicyclic) bond motifs is 1. The van der Waals surface area contributed by atoms with Crippen LogP contribution in [0.1, 0.15) is 6.42 Å². The second-order valence-corrected chi connectivity index (χ2v) is 7.00. The van der Waals surface area contributed by atoms with Crippen molar-refractivity contribution in [2.75, 3.05) is 23.6 Å². The number of hydrogen-bond donors (Lipinski definition) is 2. The number of urea groups is 1. The van der Waals surface area contributed by atoms with Crippen LogP contribution in [-0.2, 0) is 9.84 Å². The van der Waals surface area contributed by atoms with E-state index in [-0.39, 0.29) is 24.3 Å². The summed E-state index contributed by atoms with van der Waals surface area (Å²) < 4.78 is 33.0. The highest BCUT2D eigenvalue weighted by Gasteiger charge is 2.28. The molecule has 0 bridgehead atoms. The number of benzene rings is 1. The monoisotopic (exact) mass is 298 g/mol. The zero-order valence-corrected chi connectivity index (χ0v) is 11.4. The van der Waals surface area contributed by atoms with E-state index in [2.05, 4.69) is 10.6 Å². The van der Waals surface area contributed by atoms with E-state index in [0.29, 0.717) is 23.6 Å². The van der Waals surface area contributed by atoms with Gasteiger partial charge in [-0.15, -0.1) is 0 Å². The molecule has 2 amide bonds. The summed E-state index contributed by atoms with van der Waals surface area (Å²) in [5.41, 5.74) is 0.563. The van der Waals surface area contributed by atoms with Gasteiger partial charge in [0.15, 0.2) is 21.3 Å². The molecular weight excluding hydrogens is 284 g/mol. The van der Waals surface area contributed by atoms with Crippen LogP contribution in [-0.4, -0.2) is 38.8 Å². The van der Waals surface area contributed by atoms with Crippen LogP contribution in [0, 0.1) is 0 Å². The van der Waals surface area contributed by atoms with E-state index in [0.717, 1.165) is 0 Å². The average molecular weight is 298 g/mol. The number of sulfone groups is 1. The van der Waals surface area contributed by atoms with Gasteiger partial charge < -0.3 is 20.1 Å². The molecule has 1 atom stereocenters. The number of amides is 2. The van der Waals surface area contributed by atoms with E-state index < -0.39 is 15.9 Å². The van der Waals surface area contributed by atoms with Crippen LogP contribution in [0.3, 0.4) is 0 Å². The Labute approximate surface area is 116 Å². The third-order valence-electron chi connectivity index (χ3n) is 3.20. The van der Waals surface area contributed by atoms with E-state index in [9.17, 15) is 13.2 Å². The number of carbonyl (C=O) groups excluding carboxylic acids is 1. The number of ether oxygens (including phenoxy) is 2. The van der Waals surface area contributed by atoms with Gasteiger partial charge in [0.05, 0.1) is 11.5 Å². The molecule has 2 aliphatic heterocycles. The molecule has 2 N–H and O–H groups in total. The summed E-state index contributed by atoms with van der Waals surface area (Å²) in [7, 11) is -3.00. The summed E-state index contributed by atoms with van der Waals surface area (Å²) in [5, 5.41) is 5.29. The van der Waals surface area contributed by atoms with Gasteiger partial charge in [-0.2, -0.15) is 0 Å². The van der Waals surface area contributed by atoms with E-state index in [4.69, 9.17) is 9.47 Å². The summed E-state index contributed by atoms with van der Waals surface area (Å²) >= 11 is 0. The molecule has 3 rings (SSSR count). The average Bonchev–Trinajstić information content (AvgIpc) is 2.95. The molecule has 8 heteroatoms. The topological polar surface area (TPSA) is 93.7 Å². The van der Waals surface area contributed by atoms with E-state index in [1.807, 2.05) is 0 Å². The molecule has 0 radical (unpaired) electrons. The number of nitrogens with one attached hydrogen (secondary N) is 2. The second kappa shape index (κ2) is 4.86. The van der Waals surface area contributed by atoms with Crippen LogP contribution in [0.2, 0.25) is 0 Å². The molecule has 1 aromatic rings.